The van der Waals surface area contributed by atoms with Crippen molar-refractivity contribution in [3.8, 4) is 11.5 Å². The van der Waals surface area contributed by atoms with E-state index < -0.39 is 24.4 Å². The second-order valence-corrected chi connectivity index (χ2v) is 7.03. The Morgan fingerprint density at radius 3 is 2.69 bits per heavy atom. The van der Waals surface area contributed by atoms with Gasteiger partial charge in [-0.2, -0.15) is 4.68 Å². The Labute approximate surface area is 166 Å². The number of carbonyl (C=O) groups excluding carboxylic acids is 2. The predicted octanol–water partition coefficient (Wildman–Crippen LogP) is 2.81. The van der Waals surface area contributed by atoms with Crippen molar-refractivity contribution in [2.75, 3.05) is 0 Å². The van der Waals surface area contributed by atoms with Crippen LogP contribution in [-0.2, 0) is 28.9 Å². The number of hydrogen-bond donors (Lipinski definition) is 0. The fraction of sp³-hybridized carbons (Fsp3) is 0.273. The van der Waals surface area contributed by atoms with E-state index >= 15 is 0 Å². The fourth-order valence-electron chi connectivity index (χ4n) is 3.47. The molecule has 0 aliphatic heterocycles. The van der Waals surface area contributed by atoms with Gasteiger partial charge in [-0.15, -0.1) is 5.10 Å². The minimum absolute atomic E-state index is 0.116. The molecule has 29 heavy (non-hydrogen) atoms. The van der Waals surface area contributed by atoms with E-state index in [1.54, 1.807) is 30.3 Å². The maximum Gasteiger partial charge on any atom is 0.437 e. The van der Waals surface area contributed by atoms with Crippen LogP contribution >= 0.6 is 0 Å². The molecule has 0 fully saturated rings. The van der Waals surface area contributed by atoms with Crippen molar-refractivity contribution in [2.45, 2.75) is 38.8 Å². The Hall–Kier alpha value is -3.48. The van der Waals surface area contributed by atoms with Crippen LogP contribution in [0.2, 0.25) is 0 Å². The number of benzene rings is 2. The molecule has 0 amide bonds. The molecule has 7 nitrogen and oxygen atoms in total. The first kappa shape index (κ1) is 18.9. The van der Waals surface area contributed by atoms with Crippen LogP contribution in [0.4, 0.5) is 0 Å². The maximum absolute atomic E-state index is 12.6. The molecule has 148 valence electrons. The summed E-state index contributed by atoms with van der Waals surface area (Å²) in [4.78, 5) is 36.8. The van der Waals surface area contributed by atoms with Gasteiger partial charge in [0.2, 0.25) is 11.7 Å². The van der Waals surface area contributed by atoms with Crippen molar-refractivity contribution < 1.29 is 18.7 Å². The third-order valence-corrected chi connectivity index (χ3v) is 4.97. The van der Waals surface area contributed by atoms with Gasteiger partial charge in [0.05, 0.1) is 0 Å². The molecule has 0 radical (unpaired) electrons. The van der Waals surface area contributed by atoms with Crippen molar-refractivity contribution >= 4 is 11.8 Å². The predicted molar refractivity (Wildman–Crippen MR) is 105 cm³/mol. The molecule has 0 saturated heterocycles. The molecule has 0 spiro atoms. The number of ether oxygens (including phenoxy) is 1. The van der Waals surface area contributed by atoms with Gasteiger partial charge in [0.15, 0.2) is 6.10 Å². The normalized spacial score (nSPS) is 13.7. The number of Topliss-reactive ketones (excluding diaryl/α,β-unsaturated/α-hetero) is 1. The van der Waals surface area contributed by atoms with Gasteiger partial charge in [-0.25, -0.2) is 4.79 Å². The highest BCUT2D eigenvalue weighted by atomic mass is 16.5. The van der Waals surface area contributed by atoms with Gasteiger partial charge < -0.3 is 9.15 Å². The van der Waals surface area contributed by atoms with Crippen LogP contribution in [0.3, 0.4) is 0 Å². The third kappa shape index (κ3) is 4.03. The molecule has 1 aliphatic rings. The Morgan fingerprint density at radius 2 is 1.90 bits per heavy atom. The number of fused-ring (bicyclic) bond motifs is 1. The van der Waals surface area contributed by atoms with Crippen LogP contribution in [0.15, 0.2) is 57.7 Å². The number of ketones is 1. The largest absolute Gasteiger partial charge is 0.453 e. The molecule has 0 saturated carbocycles. The Kier molecular flexibility index (Phi) is 5.12. The Bertz CT molecular complexity index is 1110. The van der Waals surface area contributed by atoms with Gasteiger partial charge in [-0.05, 0) is 55.5 Å². The number of rotatable bonds is 6. The summed E-state index contributed by atoms with van der Waals surface area (Å²) in [5, 5.41) is 4.02. The van der Waals surface area contributed by atoms with E-state index in [9.17, 15) is 14.4 Å². The first-order chi connectivity index (χ1) is 14.0. The van der Waals surface area contributed by atoms with Crippen LogP contribution in [0.25, 0.3) is 11.5 Å². The average molecular weight is 392 g/mol. The SMILES string of the molecule is C[C@@H](OC(=O)Cn1nc(-c2ccccc2)oc1=O)C(=O)c1ccc2c(c1)CCC2. The summed E-state index contributed by atoms with van der Waals surface area (Å²) in [6.07, 6.45) is 2.13. The van der Waals surface area contributed by atoms with Crippen LogP contribution in [0.5, 0.6) is 0 Å². The highest BCUT2D eigenvalue weighted by Gasteiger charge is 2.23. The van der Waals surface area contributed by atoms with Crippen molar-refractivity contribution in [3.05, 3.63) is 75.8 Å². The Morgan fingerprint density at radius 1 is 1.14 bits per heavy atom. The second kappa shape index (κ2) is 7.87. The number of esters is 1. The van der Waals surface area contributed by atoms with E-state index in [0.717, 1.165) is 23.9 Å². The van der Waals surface area contributed by atoms with Crippen molar-refractivity contribution in [3.63, 3.8) is 0 Å². The summed E-state index contributed by atoms with van der Waals surface area (Å²) < 4.78 is 11.2. The summed E-state index contributed by atoms with van der Waals surface area (Å²) in [5.41, 5.74) is 3.59. The molecule has 2 aromatic carbocycles. The van der Waals surface area contributed by atoms with E-state index in [4.69, 9.17) is 9.15 Å². The lowest BCUT2D eigenvalue weighted by Crippen LogP contribution is -2.29. The molecule has 4 rings (SSSR count). The van der Waals surface area contributed by atoms with Crippen LogP contribution in [-0.4, -0.2) is 27.6 Å². The number of aromatic nitrogens is 2. The summed E-state index contributed by atoms with van der Waals surface area (Å²) in [6, 6.07) is 14.5. The van der Waals surface area contributed by atoms with Gasteiger partial charge in [0, 0.05) is 11.1 Å². The summed E-state index contributed by atoms with van der Waals surface area (Å²) in [7, 11) is 0. The smallest absolute Gasteiger partial charge is 0.437 e. The summed E-state index contributed by atoms with van der Waals surface area (Å²) >= 11 is 0. The minimum Gasteiger partial charge on any atom is -0.453 e. The van der Waals surface area contributed by atoms with E-state index in [1.165, 1.54) is 18.1 Å². The highest BCUT2D eigenvalue weighted by Crippen LogP contribution is 2.23. The molecule has 1 atom stereocenters. The molecule has 1 aromatic heterocycles. The third-order valence-electron chi connectivity index (χ3n) is 4.97. The lowest BCUT2D eigenvalue weighted by Gasteiger charge is -2.13. The molecule has 1 heterocycles. The van der Waals surface area contributed by atoms with Gasteiger partial charge >= 0.3 is 11.7 Å². The van der Waals surface area contributed by atoms with Crippen molar-refractivity contribution in [1.29, 1.82) is 0 Å². The topological polar surface area (TPSA) is 91.4 Å². The summed E-state index contributed by atoms with van der Waals surface area (Å²) in [6.45, 7) is 1.09. The van der Waals surface area contributed by atoms with E-state index in [-0.39, 0.29) is 11.7 Å². The van der Waals surface area contributed by atoms with Gasteiger partial charge in [0.25, 0.3) is 0 Å². The van der Waals surface area contributed by atoms with E-state index in [1.807, 2.05) is 18.2 Å². The highest BCUT2D eigenvalue weighted by molar-refractivity contribution is 6.00. The number of nitrogens with zero attached hydrogens (tertiary/aromatic N) is 2. The van der Waals surface area contributed by atoms with Crippen LogP contribution in [0.1, 0.15) is 34.8 Å². The van der Waals surface area contributed by atoms with Gasteiger partial charge in [-0.1, -0.05) is 30.3 Å². The number of aryl methyl sites for hydroxylation is 2. The zero-order valence-corrected chi connectivity index (χ0v) is 16.0. The van der Waals surface area contributed by atoms with Crippen molar-refractivity contribution in [2.24, 2.45) is 0 Å². The molecule has 1 aliphatic carbocycles. The minimum atomic E-state index is -0.960. The monoisotopic (exact) mass is 392 g/mol. The quantitative estimate of drug-likeness (QED) is 0.473. The van der Waals surface area contributed by atoms with E-state index in [0.29, 0.717) is 11.1 Å². The molecule has 0 unspecified atom stereocenters. The number of carbonyl (C=O) groups is 2. The molecule has 7 heteroatoms. The molecule has 0 N–H and O–H groups in total. The standard InChI is InChI=1S/C22H20N2O5/c1-14(20(26)18-11-10-15-8-5-9-17(15)12-18)28-19(25)13-24-22(27)29-21(23-24)16-6-3-2-4-7-16/h2-4,6-7,10-12,14H,5,8-9,13H2,1H3/t14-/m1/s1. The Balaban J connectivity index is 1.41. The second-order valence-electron chi connectivity index (χ2n) is 7.03. The van der Waals surface area contributed by atoms with Gasteiger partial charge in [-0.3, -0.25) is 9.59 Å². The fourth-order valence-corrected chi connectivity index (χ4v) is 3.47. The lowest BCUT2D eigenvalue weighted by atomic mass is 10.0. The molecule has 3 aromatic rings. The van der Waals surface area contributed by atoms with Crippen LogP contribution < -0.4 is 5.76 Å². The number of hydrogen-bond acceptors (Lipinski definition) is 6. The zero-order chi connectivity index (χ0) is 20.4. The lowest BCUT2D eigenvalue weighted by molar-refractivity contribution is -0.147. The maximum atomic E-state index is 12.6. The molecule has 0 bridgehead atoms. The van der Waals surface area contributed by atoms with Gasteiger partial charge in [0.1, 0.15) is 6.54 Å². The van der Waals surface area contributed by atoms with Crippen molar-refractivity contribution in [1.82, 2.24) is 9.78 Å². The van der Waals surface area contributed by atoms with Crippen LogP contribution in [0, 0.1) is 0 Å². The first-order valence-corrected chi connectivity index (χ1v) is 9.50. The average Bonchev–Trinajstić information content (AvgIpc) is 3.34. The zero-order valence-electron chi connectivity index (χ0n) is 16.0. The molecular weight excluding hydrogens is 372 g/mol. The summed E-state index contributed by atoms with van der Waals surface area (Å²) in [5.74, 6) is -1.66. The first-order valence-electron chi connectivity index (χ1n) is 9.50. The van der Waals surface area contributed by atoms with E-state index in [2.05, 4.69) is 5.10 Å². The molecular formula is C22H20N2O5.